The number of phenols is 1. The number of phenolic OH excluding ortho intramolecular Hbond substituents is 1. The lowest BCUT2D eigenvalue weighted by molar-refractivity contribution is 0.472. The van der Waals surface area contributed by atoms with Crippen LogP contribution in [0.5, 0.6) is 5.75 Å². The number of hydrogen-bond acceptors (Lipinski definition) is 21. The first-order chi connectivity index (χ1) is 30.6. The zero-order valence-corrected chi connectivity index (χ0v) is 37.1. The van der Waals surface area contributed by atoms with Gasteiger partial charge in [-0.05, 0) is 78.2 Å². The monoisotopic (exact) mass is 1000 g/mol. The van der Waals surface area contributed by atoms with Crippen molar-refractivity contribution in [3.8, 4) is 5.75 Å². The maximum Gasteiger partial charge on any atom is 0.315 e. The van der Waals surface area contributed by atoms with Crippen LogP contribution in [-0.4, -0.2) is 82.9 Å². The number of nitrogens with zero attached hydrogens (tertiary/aromatic N) is 8. The third-order valence-corrected chi connectivity index (χ3v) is 14.3. The number of aromatic hydroxyl groups is 1. The fourth-order valence-electron chi connectivity index (χ4n) is 5.76. The normalized spacial score (nSPS) is 12.7. The highest BCUT2D eigenvalue weighted by atomic mass is 32.2. The number of fused-ring (bicyclic) bond motifs is 1. The van der Waals surface area contributed by atoms with Gasteiger partial charge in [0, 0.05) is 29.2 Å². The van der Waals surface area contributed by atoms with Gasteiger partial charge in [0.05, 0.1) is 26.6 Å². The minimum absolute atomic E-state index is 0.0799. The van der Waals surface area contributed by atoms with Crippen molar-refractivity contribution in [1.29, 1.82) is 0 Å². The molecule has 30 heteroatoms. The average Bonchev–Trinajstić information content (AvgIpc) is 3.24. The van der Waals surface area contributed by atoms with Gasteiger partial charge in [-0.15, -0.1) is 15.3 Å². The van der Waals surface area contributed by atoms with Crippen molar-refractivity contribution in [1.82, 2.24) is 15.0 Å². The minimum atomic E-state index is -5.45. The second kappa shape index (κ2) is 17.7. The van der Waals surface area contributed by atoms with Crippen LogP contribution in [0.15, 0.2) is 148 Å². The van der Waals surface area contributed by atoms with Gasteiger partial charge in [-0.1, -0.05) is 19.2 Å². The summed E-state index contributed by atoms with van der Waals surface area (Å²) in [6, 6.07) is 13.7. The highest BCUT2D eigenvalue weighted by Crippen LogP contribution is 2.48. The lowest BCUT2D eigenvalue weighted by atomic mass is 10.1. The molecule has 0 atom stereocenters. The topological polar surface area (TPSA) is 381 Å². The van der Waals surface area contributed by atoms with Gasteiger partial charge in [-0.2, -0.15) is 49.7 Å². The molecule has 5 aromatic carbocycles. The van der Waals surface area contributed by atoms with Crippen LogP contribution in [0.25, 0.3) is 10.8 Å². The second-order valence-corrected chi connectivity index (χ2v) is 21.1. The molecule has 0 fully saturated rings. The number of sulfone groups is 2. The Hall–Kier alpha value is -7.19. The van der Waals surface area contributed by atoms with Crippen molar-refractivity contribution in [2.75, 3.05) is 23.0 Å². The van der Waals surface area contributed by atoms with Crippen LogP contribution in [-0.2, 0) is 50.0 Å². The van der Waals surface area contributed by atoms with E-state index in [4.69, 9.17) is 5.73 Å². The summed E-state index contributed by atoms with van der Waals surface area (Å²) < 4.78 is 169. The van der Waals surface area contributed by atoms with E-state index in [9.17, 15) is 65.2 Å². The molecule has 0 aliphatic carbocycles. The van der Waals surface area contributed by atoms with E-state index in [1.165, 1.54) is 36.2 Å². The van der Waals surface area contributed by atoms with Gasteiger partial charge in [0.1, 0.15) is 31.7 Å². The molecule has 6 rings (SSSR count). The first-order valence-corrected chi connectivity index (χ1v) is 25.0. The lowest BCUT2D eigenvalue weighted by Gasteiger charge is -2.18. The SMILES string of the molecule is C=CS(=O)(=O)c1ccc(/N=N/c2c(S(=O)(=O)O)cc3cc(S(=O)(=O)O)c(/N=N/c4cc(Nc5nc(F)nc(N(C)c6cccc(S(=O)(=O)C=C)c6)n5)ccc4S(=O)(=O)O)c(O)c3c2N)cc1. The number of nitrogen functional groups attached to an aromatic ring is 1. The van der Waals surface area contributed by atoms with Crippen LogP contribution in [0, 0.1) is 6.08 Å². The molecule has 1 aromatic heterocycles. The van der Waals surface area contributed by atoms with Crippen LogP contribution < -0.4 is 16.0 Å². The third kappa shape index (κ3) is 10.2. The third-order valence-electron chi connectivity index (χ3n) is 8.92. The molecule has 24 nitrogen and oxygen atoms in total. The van der Waals surface area contributed by atoms with Gasteiger partial charge >= 0.3 is 6.08 Å². The Balaban J connectivity index is 1.45. The maximum atomic E-state index is 14.8. The fourth-order valence-corrected chi connectivity index (χ4v) is 9.15. The number of rotatable bonds is 15. The molecule has 7 N–H and O–H groups in total. The molecule has 6 aromatic rings. The summed E-state index contributed by atoms with van der Waals surface area (Å²) >= 11 is 0. The number of anilines is 5. The predicted molar refractivity (Wildman–Crippen MR) is 233 cm³/mol. The smallest absolute Gasteiger partial charge is 0.315 e. The van der Waals surface area contributed by atoms with Crippen molar-refractivity contribution in [2.24, 2.45) is 20.5 Å². The number of halogens is 1. The van der Waals surface area contributed by atoms with Gasteiger partial charge in [0.15, 0.2) is 25.4 Å². The van der Waals surface area contributed by atoms with E-state index in [-0.39, 0.29) is 32.8 Å². The summed E-state index contributed by atoms with van der Waals surface area (Å²) in [5.41, 5.74) is 2.57. The number of azo groups is 2. The van der Waals surface area contributed by atoms with E-state index in [1.807, 2.05) is 0 Å². The van der Waals surface area contributed by atoms with Crippen molar-refractivity contribution >= 4 is 113 Å². The Kier molecular flexibility index (Phi) is 12.9. The summed E-state index contributed by atoms with van der Waals surface area (Å²) in [7, 11) is -22.3. The second-order valence-electron chi connectivity index (χ2n) is 13.1. The molecule has 0 bridgehead atoms. The van der Waals surface area contributed by atoms with E-state index in [0.29, 0.717) is 17.5 Å². The fraction of sp³-hybridized carbons (Fsp3) is 0.0278. The van der Waals surface area contributed by atoms with E-state index < -0.39 is 116 Å². The molecule has 0 saturated heterocycles. The van der Waals surface area contributed by atoms with Crippen LogP contribution in [0.3, 0.4) is 0 Å². The number of hydrogen-bond donors (Lipinski definition) is 6. The van der Waals surface area contributed by atoms with E-state index in [1.54, 1.807) is 0 Å². The molecule has 0 aliphatic heterocycles. The van der Waals surface area contributed by atoms with Crippen LogP contribution >= 0.6 is 0 Å². The van der Waals surface area contributed by atoms with E-state index >= 15 is 0 Å². The van der Waals surface area contributed by atoms with Crippen molar-refractivity contribution in [3.05, 3.63) is 109 Å². The standard InChI is InChI=1S/C36H29FN10O14S5/c1-4-62(49,50)23-12-9-20(10-13-23)43-45-31-27(65(56,57)58)15-19-16-28(66(59,60)61)32(33(48)29(19)30(31)38)46-44-25-17-21(11-14-26(25)64(53,54)55)39-35-40-34(37)41-36(42-35)47(3)22-7-6-8-24(18-22)63(51,52)5-2/h4-18,48H,1-2,38H2,3H3,(H,53,54,55)(H,56,57,58)(H,59,60,61)(H,39,40,41,42)/b45-43+,46-44+. The average molecular weight is 1010 g/mol. The van der Waals surface area contributed by atoms with Crippen molar-refractivity contribution < 1.29 is 65.2 Å². The molecule has 0 radical (unpaired) electrons. The van der Waals surface area contributed by atoms with Crippen LogP contribution in [0.1, 0.15) is 0 Å². The maximum absolute atomic E-state index is 14.8. The number of nitrogens with two attached hydrogens (primary N) is 1. The van der Waals surface area contributed by atoms with Crippen molar-refractivity contribution in [3.63, 3.8) is 0 Å². The van der Waals surface area contributed by atoms with Crippen LogP contribution in [0.2, 0.25) is 0 Å². The molecule has 0 spiro atoms. The summed E-state index contributed by atoms with van der Waals surface area (Å²) in [5.74, 6) is -2.13. The number of benzene rings is 5. The Labute approximate surface area is 373 Å². The van der Waals surface area contributed by atoms with Gasteiger partial charge in [-0.3, -0.25) is 13.7 Å². The number of aromatic nitrogens is 3. The molecule has 66 heavy (non-hydrogen) atoms. The lowest BCUT2D eigenvalue weighted by Crippen LogP contribution is -2.16. The Bertz CT molecular complexity index is 3670. The first kappa shape index (κ1) is 48.3. The Morgan fingerprint density at radius 1 is 0.682 bits per heavy atom. The molecule has 0 aliphatic rings. The Morgan fingerprint density at radius 2 is 1.26 bits per heavy atom. The summed E-state index contributed by atoms with van der Waals surface area (Å²) in [6.45, 7) is 6.49. The summed E-state index contributed by atoms with van der Waals surface area (Å²) in [4.78, 5) is 8.80. The van der Waals surface area contributed by atoms with Gasteiger partial charge < -0.3 is 21.1 Å². The highest BCUT2D eigenvalue weighted by molar-refractivity contribution is 7.94. The number of nitrogens with one attached hydrogen (secondary N) is 1. The molecular formula is C36H29FN10O14S5. The summed E-state index contributed by atoms with van der Waals surface area (Å²) in [6.07, 6.45) is -1.34. The minimum Gasteiger partial charge on any atom is -0.505 e. The highest BCUT2D eigenvalue weighted by Gasteiger charge is 2.29. The molecular weight excluding hydrogens is 976 g/mol. The van der Waals surface area contributed by atoms with Gasteiger partial charge in [0.2, 0.25) is 11.9 Å². The molecule has 344 valence electrons. The largest absolute Gasteiger partial charge is 0.505 e. The first-order valence-electron chi connectivity index (χ1n) is 17.5. The molecule has 0 unspecified atom stereocenters. The van der Waals surface area contributed by atoms with Gasteiger partial charge in [0.25, 0.3) is 30.4 Å². The zero-order chi connectivity index (χ0) is 48.7. The Morgan fingerprint density at radius 3 is 1.85 bits per heavy atom. The molecule has 0 amide bonds. The predicted octanol–water partition coefficient (Wildman–Crippen LogP) is 6.37. The zero-order valence-electron chi connectivity index (χ0n) is 33.0. The molecule has 1 heterocycles. The van der Waals surface area contributed by atoms with E-state index in [0.717, 1.165) is 47.9 Å². The quantitative estimate of drug-likeness (QED) is 0.0369. The van der Waals surface area contributed by atoms with Gasteiger partial charge in [-0.25, -0.2) is 16.8 Å². The van der Waals surface area contributed by atoms with Crippen molar-refractivity contribution in [2.45, 2.75) is 24.5 Å². The van der Waals surface area contributed by atoms with Crippen LogP contribution in [0.4, 0.5) is 56.1 Å². The summed E-state index contributed by atoms with van der Waals surface area (Å²) in [5, 5.41) is 29.2. The van der Waals surface area contributed by atoms with E-state index in [2.05, 4.69) is 53.9 Å². The molecule has 0 saturated carbocycles.